The fourth-order valence-electron chi connectivity index (χ4n) is 5.17. The molecule has 3 N–H and O–H groups in total. The Morgan fingerprint density at radius 2 is 1.90 bits per heavy atom. The van der Waals surface area contributed by atoms with Crippen molar-refractivity contribution in [3.05, 3.63) is 40.9 Å². The van der Waals surface area contributed by atoms with E-state index in [9.17, 15) is 14.4 Å². The molecule has 1 aromatic heterocycles. The van der Waals surface area contributed by atoms with Crippen molar-refractivity contribution in [2.24, 2.45) is 5.92 Å². The zero-order valence-corrected chi connectivity index (χ0v) is 25.8. The van der Waals surface area contributed by atoms with Crippen LogP contribution in [0.5, 0.6) is 0 Å². The number of thiazole rings is 1. The largest absolute Gasteiger partial charge is 0.381 e. The first-order chi connectivity index (χ1) is 19.9. The minimum Gasteiger partial charge on any atom is -0.381 e. The first kappa shape index (κ1) is 31.5. The normalized spacial score (nSPS) is 18.0. The lowest BCUT2D eigenvalue weighted by Crippen LogP contribution is -2.55. The molecule has 2 aliphatic rings. The second-order valence-corrected chi connectivity index (χ2v) is 13.0. The number of carbonyl (C=O) groups excluding carboxylic acids is 3. The van der Waals surface area contributed by atoms with Crippen LogP contribution in [-0.4, -0.2) is 90.6 Å². The van der Waals surface area contributed by atoms with Crippen molar-refractivity contribution in [2.45, 2.75) is 58.0 Å². The molecule has 41 heavy (non-hydrogen) atoms. The number of ether oxygens (including phenoxy) is 1. The van der Waals surface area contributed by atoms with Gasteiger partial charge in [-0.15, -0.1) is 11.3 Å². The Bertz CT molecular complexity index is 1210. The summed E-state index contributed by atoms with van der Waals surface area (Å²) in [6.45, 7) is 11.9. The highest BCUT2D eigenvalue weighted by atomic mass is 32.2. The number of rotatable bonds is 13. The Morgan fingerprint density at radius 1 is 1.15 bits per heavy atom. The van der Waals surface area contributed by atoms with Crippen molar-refractivity contribution >= 4 is 51.0 Å². The fourth-order valence-corrected chi connectivity index (χ4v) is 7.23. The van der Waals surface area contributed by atoms with E-state index in [4.69, 9.17) is 9.72 Å². The third-order valence-corrected chi connectivity index (χ3v) is 9.72. The molecule has 2 atom stereocenters. The molecule has 224 valence electrons. The number of nitrogens with zero attached hydrogens (tertiary/aromatic N) is 2. The van der Waals surface area contributed by atoms with Gasteiger partial charge in [0.2, 0.25) is 17.7 Å². The van der Waals surface area contributed by atoms with Gasteiger partial charge in [0.05, 0.1) is 15.2 Å². The van der Waals surface area contributed by atoms with Gasteiger partial charge >= 0.3 is 0 Å². The SMILES string of the molecule is C=C(CN1CCSCC1)C(=O)NC[C@@H](NC(=O)[C@H](Cc1nc2ccc(CC)cc2s1)NC(=O)CC)C1CCOCC1. The summed E-state index contributed by atoms with van der Waals surface area (Å²) in [6, 6.07) is 5.16. The third kappa shape index (κ3) is 9.26. The first-order valence-corrected chi connectivity index (χ1v) is 16.6. The number of nitrogens with one attached hydrogen (secondary N) is 3. The molecule has 2 aliphatic heterocycles. The monoisotopic (exact) mass is 601 g/mol. The van der Waals surface area contributed by atoms with Gasteiger partial charge in [0, 0.05) is 75.4 Å². The van der Waals surface area contributed by atoms with Crippen molar-refractivity contribution in [1.82, 2.24) is 25.8 Å². The molecule has 0 saturated carbocycles. The number of fused-ring (bicyclic) bond motifs is 1. The quantitative estimate of drug-likeness (QED) is 0.303. The summed E-state index contributed by atoms with van der Waals surface area (Å²) in [5.74, 6) is 1.64. The van der Waals surface area contributed by atoms with Crippen molar-refractivity contribution < 1.29 is 19.1 Å². The lowest BCUT2D eigenvalue weighted by molar-refractivity contribution is -0.129. The maximum atomic E-state index is 13.7. The van der Waals surface area contributed by atoms with Crippen LogP contribution in [0.3, 0.4) is 0 Å². The zero-order chi connectivity index (χ0) is 29.2. The predicted molar refractivity (Wildman–Crippen MR) is 166 cm³/mol. The summed E-state index contributed by atoms with van der Waals surface area (Å²) in [5, 5.41) is 9.89. The molecule has 0 unspecified atom stereocenters. The van der Waals surface area contributed by atoms with Gasteiger partial charge in [-0.2, -0.15) is 11.8 Å². The van der Waals surface area contributed by atoms with Gasteiger partial charge in [-0.05, 0) is 42.9 Å². The number of carbonyl (C=O) groups is 3. The average molecular weight is 602 g/mol. The van der Waals surface area contributed by atoms with E-state index in [1.165, 1.54) is 5.56 Å². The number of thioether (sulfide) groups is 1. The van der Waals surface area contributed by atoms with Crippen molar-refractivity contribution in [1.29, 1.82) is 0 Å². The smallest absolute Gasteiger partial charge is 0.247 e. The molecule has 1 aromatic carbocycles. The van der Waals surface area contributed by atoms with Crippen molar-refractivity contribution in [3.63, 3.8) is 0 Å². The van der Waals surface area contributed by atoms with Crippen LogP contribution in [0.4, 0.5) is 0 Å². The molecule has 0 bridgehead atoms. The fraction of sp³-hybridized carbons (Fsp3) is 0.600. The minimum absolute atomic E-state index is 0.151. The summed E-state index contributed by atoms with van der Waals surface area (Å²) in [6.07, 6.45) is 3.10. The lowest BCUT2D eigenvalue weighted by atomic mass is 9.91. The van der Waals surface area contributed by atoms with Crippen LogP contribution < -0.4 is 16.0 Å². The Kier molecular flexibility index (Phi) is 12.0. The predicted octanol–water partition coefficient (Wildman–Crippen LogP) is 2.93. The summed E-state index contributed by atoms with van der Waals surface area (Å²) in [4.78, 5) is 46.0. The van der Waals surface area contributed by atoms with Crippen LogP contribution >= 0.6 is 23.1 Å². The van der Waals surface area contributed by atoms with Crippen LogP contribution in [0, 0.1) is 5.92 Å². The molecule has 3 amide bonds. The van der Waals surface area contributed by atoms with Crippen molar-refractivity contribution in [3.8, 4) is 0 Å². The highest BCUT2D eigenvalue weighted by Gasteiger charge is 2.30. The molecule has 2 aromatic rings. The first-order valence-electron chi connectivity index (χ1n) is 14.7. The number of hydrogen-bond acceptors (Lipinski definition) is 8. The van der Waals surface area contributed by atoms with Crippen molar-refractivity contribution in [2.75, 3.05) is 50.9 Å². The lowest BCUT2D eigenvalue weighted by Gasteiger charge is -2.32. The Hall–Kier alpha value is -2.47. The van der Waals surface area contributed by atoms with Crippen LogP contribution in [-0.2, 0) is 32.0 Å². The standard InChI is InChI=1S/C30H43N5O4S2/c1-4-21-6-7-23-26(16-21)41-28(33-23)17-24(32-27(36)5-2)30(38)34-25(22-8-12-39-13-9-22)18-31-29(37)20(3)19-35-10-14-40-15-11-35/h6-7,16,22,24-25H,3-5,8-15,17-19H2,1-2H3,(H,31,37)(H,32,36)(H,34,38)/t24-,25+/m0/s1. The van der Waals surface area contributed by atoms with Gasteiger partial charge in [-0.25, -0.2) is 4.98 Å². The second kappa shape index (κ2) is 15.7. The minimum atomic E-state index is -0.765. The Balaban J connectivity index is 1.43. The van der Waals surface area contributed by atoms with E-state index in [2.05, 4.69) is 46.5 Å². The Morgan fingerprint density at radius 3 is 2.61 bits per heavy atom. The zero-order valence-electron chi connectivity index (χ0n) is 24.2. The maximum Gasteiger partial charge on any atom is 0.247 e. The van der Waals surface area contributed by atoms with Gasteiger partial charge in [0.15, 0.2) is 0 Å². The highest BCUT2D eigenvalue weighted by Crippen LogP contribution is 2.25. The van der Waals surface area contributed by atoms with Gasteiger partial charge < -0.3 is 20.7 Å². The van der Waals surface area contributed by atoms with E-state index in [-0.39, 0.29) is 36.1 Å². The summed E-state index contributed by atoms with van der Waals surface area (Å²) in [5.41, 5.74) is 2.67. The maximum absolute atomic E-state index is 13.7. The van der Waals surface area contributed by atoms with E-state index in [0.29, 0.717) is 38.3 Å². The third-order valence-electron chi connectivity index (χ3n) is 7.74. The average Bonchev–Trinajstić information content (AvgIpc) is 3.40. The molecule has 4 rings (SSSR count). The van der Waals surface area contributed by atoms with E-state index < -0.39 is 6.04 Å². The van der Waals surface area contributed by atoms with E-state index in [1.807, 2.05) is 17.8 Å². The van der Waals surface area contributed by atoms with Gasteiger partial charge in [0.1, 0.15) is 6.04 Å². The van der Waals surface area contributed by atoms with Crippen LogP contribution in [0.1, 0.15) is 43.7 Å². The second-order valence-electron chi connectivity index (χ2n) is 10.7. The molecule has 2 saturated heterocycles. The molecular formula is C30H43N5O4S2. The molecule has 11 heteroatoms. The molecule has 3 heterocycles. The number of benzene rings is 1. The summed E-state index contributed by atoms with van der Waals surface area (Å²) < 4.78 is 6.63. The van der Waals surface area contributed by atoms with E-state index in [1.54, 1.807) is 18.3 Å². The van der Waals surface area contributed by atoms with E-state index in [0.717, 1.165) is 59.1 Å². The number of amides is 3. The van der Waals surface area contributed by atoms with Crippen LogP contribution in [0.15, 0.2) is 30.4 Å². The molecule has 0 radical (unpaired) electrons. The van der Waals surface area contributed by atoms with E-state index >= 15 is 0 Å². The molecule has 0 spiro atoms. The molecular weight excluding hydrogens is 558 g/mol. The summed E-state index contributed by atoms with van der Waals surface area (Å²) >= 11 is 3.48. The molecule has 9 nitrogen and oxygen atoms in total. The van der Waals surface area contributed by atoms with Crippen LogP contribution in [0.2, 0.25) is 0 Å². The van der Waals surface area contributed by atoms with Crippen LogP contribution in [0.25, 0.3) is 10.2 Å². The number of hydrogen-bond donors (Lipinski definition) is 3. The highest BCUT2D eigenvalue weighted by molar-refractivity contribution is 7.99. The molecule has 2 fully saturated rings. The molecule has 0 aliphatic carbocycles. The number of aromatic nitrogens is 1. The Labute approximate surface area is 251 Å². The van der Waals surface area contributed by atoms with Gasteiger partial charge in [-0.3, -0.25) is 19.3 Å². The van der Waals surface area contributed by atoms with Gasteiger partial charge in [-0.1, -0.05) is 26.5 Å². The van der Waals surface area contributed by atoms with Gasteiger partial charge in [0.25, 0.3) is 0 Å². The summed E-state index contributed by atoms with van der Waals surface area (Å²) in [7, 11) is 0. The number of aryl methyl sites for hydroxylation is 1. The topological polar surface area (TPSA) is 113 Å².